The molecule has 0 radical (unpaired) electrons. The molecule has 0 aliphatic rings. The van der Waals surface area contributed by atoms with Crippen LogP contribution in [0.15, 0.2) is 28.7 Å². The van der Waals surface area contributed by atoms with Crippen LogP contribution < -0.4 is 4.74 Å². The molecular formula is C13H12BrClN2O. The van der Waals surface area contributed by atoms with Crippen molar-refractivity contribution in [2.45, 2.75) is 13.3 Å². The molecule has 1 aromatic carbocycles. The standard InChI is InChI=1S/C13H12BrClN2O/c1-8-12(14)13(15)17-11(16-8)7-9-4-3-5-10(6-9)18-2/h3-6H,7H2,1-2H3. The summed E-state index contributed by atoms with van der Waals surface area (Å²) < 4.78 is 5.93. The first kappa shape index (κ1) is 13.3. The highest BCUT2D eigenvalue weighted by Gasteiger charge is 2.08. The van der Waals surface area contributed by atoms with Gasteiger partial charge in [-0.2, -0.15) is 0 Å². The van der Waals surface area contributed by atoms with Crippen LogP contribution in [0.2, 0.25) is 5.15 Å². The lowest BCUT2D eigenvalue weighted by Gasteiger charge is -2.06. The Morgan fingerprint density at radius 2 is 2.11 bits per heavy atom. The van der Waals surface area contributed by atoms with Crippen LogP contribution in [-0.2, 0) is 6.42 Å². The molecule has 0 spiro atoms. The lowest BCUT2D eigenvalue weighted by atomic mass is 10.1. The summed E-state index contributed by atoms with van der Waals surface area (Å²) in [5.41, 5.74) is 1.93. The van der Waals surface area contributed by atoms with Crippen LogP contribution in [0.5, 0.6) is 5.75 Å². The van der Waals surface area contributed by atoms with Crippen molar-refractivity contribution in [3.8, 4) is 5.75 Å². The zero-order chi connectivity index (χ0) is 13.1. The topological polar surface area (TPSA) is 35.0 Å². The molecule has 5 heteroatoms. The molecule has 0 atom stereocenters. The third-order valence-electron chi connectivity index (χ3n) is 2.52. The molecule has 0 amide bonds. The van der Waals surface area contributed by atoms with Crippen LogP contribution in [0.1, 0.15) is 17.1 Å². The Hall–Kier alpha value is -1.13. The van der Waals surface area contributed by atoms with Crippen molar-refractivity contribution >= 4 is 27.5 Å². The SMILES string of the molecule is COc1cccc(Cc2nc(C)c(Br)c(Cl)n2)c1. The van der Waals surface area contributed by atoms with Gasteiger partial charge in [-0.3, -0.25) is 0 Å². The van der Waals surface area contributed by atoms with Gasteiger partial charge in [-0.1, -0.05) is 23.7 Å². The highest BCUT2D eigenvalue weighted by atomic mass is 79.9. The predicted molar refractivity (Wildman–Crippen MR) is 75.3 cm³/mol. The molecule has 18 heavy (non-hydrogen) atoms. The number of methoxy groups -OCH3 is 1. The van der Waals surface area contributed by atoms with Crippen LogP contribution in [-0.4, -0.2) is 17.1 Å². The number of hydrogen-bond donors (Lipinski definition) is 0. The Morgan fingerprint density at radius 1 is 1.33 bits per heavy atom. The first-order valence-electron chi connectivity index (χ1n) is 5.41. The molecule has 0 N–H and O–H groups in total. The number of halogens is 2. The van der Waals surface area contributed by atoms with Gasteiger partial charge in [0, 0.05) is 6.42 Å². The van der Waals surface area contributed by atoms with Gasteiger partial charge in [0.15, 0.2) is 0 Å². The van der Waals surface area contributed by atoms with Crippen LogP contribution in [0.25, 0.3) is 0 Å². The molecule has 0 aliphatic heterocycles. The molecule has 1 aromatic heterocycles. The van der Waals surface area contributed by atoms with Crippen molar-refractivity contribution in [1.29, 1.82) is 0 Å². The maximum atomic E-state index is 6.02. The van der Waals surface area contributed by atoms with E-state index in [1.165, 1.54) is 0 Å². The summed E-state index contributed by atoms with van der Waals surface area (Å²) in [6.45, 7) is 1.90. The molecule has 0 saturated heterocycles. The van der Waals surface area contributed by atoms with Crippen molar-refractivity contribution in [3.63, 3.8) is 0 Å². The molecular weight excluding hydrogens is 316 g/mol. The zero-order valence-corrected chi connectivity index (χ0v) is 12.4. The van der Waals surface area contributed by atoms with Crippen molar-refractivity contribution in [2.24, 2.45) is 0 Å². The Balaban J connectivity index is 2.28. The fraction of sp³-hybridized carbons (Fsp3) is 0.231. The highest BCUT2D eigenvalue weighted by molar-refractivity contribution is 9.10. The third kappa shape index (κ3) is 3.00. The minimum atomic E-state index is 0.445. The van der Waals surface area contributed by atoms with Gasteiger partial charge in [0.1, 0.15) is 16.7 Å². The van der Waals surface area contributed by atoms with E-state index in [2.05, 4.69) is 25.9 Å². The maximum Gasteiger partial charge on any atom is 0.147 e. The monoisotopic (exact) mass is 326 g/mol. The fourth-order valence-corrected chi connectivity index (χ4v) is 2.04. The number of nitrogens with zero attached hydrogens (tertiary/aromatic N) is 2. The lowest BCUT2D eigenvalue weighted by Crippen LogP contribution is -2.00. The number of benzene rings is 1. The summed E-state index contributed by atoms with van der Waals surface area (Å²) in [5, 5.41) is 0.445. The molecule has 2 rings (SSSR count). The number of hydrogen-bond acceptors (Lipinski definition) is 3. The van der Waals surface area contributed by atoms with Gasteiger partial charge >= 0.3 is 0 Å². The van der Waals surface area contributed by atoms with Gasteiger partial charge in [0.25, 0.3) is 0 Å². The molecule has 2 aromatic rings. The van der Waals surface area contributed by atoms with Crippen LogP contribution in [0.3, 0.4) is 0 Å². The van der Waals surface area contributed by atoms with Gasteiger partial charge in [0.05, 0.1) is 17.3 Å². The van der Waals surface area contributed by atoms with Crippen LogP contribution in [0, 0.1) is 6.92 Å². The summed E-state index contributed by atoms with van der Waals surface area (Å²) in [6.07, 6.45) is 0.630. The van der Waals surface area contributed by atoms with E-state index in [1.54, 1.807) is 7.11 Å². The number of rotatable bonds is 3. The van der Waals surface area contributed by atoms with Gasteiger partial charge in [0.2, 0.25) is 0 Å². The second kappa shape index (κ2) is 5.67. The fourth-order valence-electron chi connectivity index (χ4n) is 1.62. The predicted octanol–water partition coefficient (Wildman–Crippen LogP) is 3.80. The average Bonchev–Trinajstić information content (AvgIpc) is 2.36. The summed E-state index contributed by atoms with van der Waals surface area (Å²) >= 11 is 9.37. The number of ether oxygens (including phenoxy) is 1. The van der Waals surface area contributed by atoms with Gasteiger partial charge < -0.3 is 4.74 Å². The van der Waals surface area contributed by atoms with E-state index >= 15 is 0 Å². The summed E-state index contributed by atoms with van der Waals surface area (Å²) in [6, 6.07) is 7.83. The maximum absolute atomic E-state index is 6.02. The van der Waals surface area contributed by atoms with Crippen molar-refractivity contribution in [2.75, 3.05) is 7.11 Å². The molecule has 0 unspecified atom stereocenters. The number of aromatic nitrogens is 2. The quantitative estimate of drug-likeness (QED) is 0.804. The molecule has 1 heterocycles. The molecule has 0 fully saturated rings. The summed E-state index contributed by atoms with van der Waals surface area (Å²) in [5.74, 6) is 1.53. The highest BCUT2D eigenvalue weighted by Crippen LogP contribution is 2.23. The Morgan fingerprint density at radius 3 is 2.78 bits per heavy atom. The van der Waals surface area contributed by atoms with Gasteiger partial charge in [-0.25, -0.2) is 9.97 Å². The first-order valence-corrected chi connectivity index (χ1v) is 6.58. The second-order valence-electron chi connectivity index (χ2n) is 3.86. The minimum Gasteiger partial charge on any atom is -0.497 e. The third-order valence-corrected chi connectivity index (χ3v) is 3.97. The summed E-state index contributed by atoms with van der Waals surface area (Å²) in [4.78, 5) is 8.65. The van der Waals surface area contributed by atoms with E-state index in [9.17, 15) is 0 Å². The molecule has 0 bridgehead atoms. The zero-order valence-electron chi connectivity index (χ0n) is 10.1. The summed E-state index contributed by atoms with van der Waals surface area (Å²) in [7, 11) is 1.65. The molecule has 3 nitrogen and oxygen atoms in total. The van der Waals surface area contributed by atoms with Gasteiger partial charge in [-0.05, 0) is 40.5 Å². The minimum absolute atomic E-state index is 0.445. The lowest BCUT2D eigenvalue weighted by molar-refractivity contribution is 0.414. The van der Waals surface area contributed by atoms with Crippen molar-refractivity contribution in [1.82, 2.24) is 9.97 Å². The van der Waals surface area contributed by atoms with Gasteiger partial charge in [-0.15, -0.1) is 0 Å². The molecule has 0 aliphatic carbocycles. The normalized spacial score (nSPS) is 10.4. The van der Waals surface area contributed by atoms with Crippen molar-refractivity contribution < 1.29 is 4.74 Å². The van der Waals surface area contributed by atoms with Crippen LogP contribution >= 0.6 is 27.5 Å². The Labute approximate surface area is 119 Å². The van der Waals surface area contributed by atoms with E-state index < -0.39 is 0 Å². The largest absolute Gasteiger partial charge is 0.497 e. The Kier molecular flexibility index (Phi) is 4.19. The van der Waals surface area contributed by atoms with E-state index in [-0.39, 0.29) is 0 Å². The molecule has 94 valence electrons. The van der Waals surface area contributed by atoms with E-state index in [0.717, 1.165) is 21.5 Å². The smallest absolute Gasteiger partial charge is 0.147 e. The second-order valence-corrected chi connectivity index (χ2v) is 5.01. The Bertz CT molecular complexity index is 552. The van der Waals surface area contributed by atoms with E-state index in [4.69, 9.17) is 16.3 Å². The van der Waals surface area contributed by atoms with Crippen LogP contribution in [0.4, 0.5) is 0 Å². The number of aryl methyl sites for hydroxylation is 1. The molecule has 0 saturated carbocycles. The van der Waals surface area contributed by atoms with E-state index in [0.29, 0.717) is 17.4 Å². The first-order chi connectivity index (χ1) is 8.60. The van der Waals surface area contributed by atoms with E-state index in [1.807, 2.05) is 31.2 Å². The van der Waals surface area contributed by atoms with Crippen molar-refractivity contribution in [3.05, 3.63) is 51.0 Å². The average molecular weight is 328 g/mol.